The fourth-order valence-electron chi connectivity index (χ4n) is 7.43. The lowest BCUT2D eigenvalue weighted by atomic mass is 9.98. The first kappa shape index (κ1) is 29.5. The molecule has 0 saturated carbocycles. The van der Waals surface area contributed by atoms with Crippen LogP contribution in [0.15, 0.2) is 192 Å². The molecule has 10 aromatic rings. The van der Waals surface area contributed by atoms with Crippen molar-refractivity contribution in [2.24, 2.45) is 0 Å². The SMILES string of the molecule is c1ccc(-c2ccc(-c3ccc(N(c4cccc5c4oc4ccccc45)c4c(-c5ccccc5)ccc5c4sc4ccccc45)cc3)cc2)cc1. The monoisotopic (exact) mass is 669 g/mol. The van der Waals surface area contributed by atoms with Crippen LogP contribution in [0.4, 0.5) is 17.1 Å². The highest BCUT2D eigenvalue weighted by atomic mass is 32.1. The third-order valence-electron chi connectivity index (χ3n) is 9.90. The van der Waals surface area contributed by atoms with Crippen molar-refractivity contribution in [1.29, 1.82) is 0 Å². The summed E-state index contributed by atoms with van der Waals surface area (Å²) in [7, 11) is 0. The Labute approximate surface area is 300 Å². The van der Waals surface area contributed by atoms with Gasteiger partial charge in [0.1, 0.15) is 5.58 Å². The lowest BCUT2D eigenvalue weighted by Crippen LogP contribution is -2.12. The largest absolute Gasteiger partial charge is 0.454 e. The Morgan fingerprint density at radius 3 is 1.69 bits per heavy atom. The highest BCUT2D eigenvalue weighted by Gasteiger charge is 2.25. The van der Waals surface area contributed by atoms with Crippen molar-refractivity contribution in [1.82, 2.24) is 0 Å². The van der Waals surface area contributed by atoms with E-state index in [9.17, 15) is 0 Å². The lowest BCUT2D eigenvalue weighted by Gasteiger charge is -2.29. The second-order valence-corrected chi connectivity index (χ2v) is 13.9. The average molecular weight is 670 g/mol. The zero-order valence-corrected chi connectivity index (χ0v) is 28.5. The van der Waals surface area contributed by atoms with Crippen LogP contribution in [0.25, 0.3) is 75.5 Å². The Morgan fingerprint density at radius 2 is 0.961 bits per heavy atom. The molecule has 0 fully saturated rings. The normalized spacial score (nSPS) is 11.5. The molecule has 0 radical (unpaired) electrons. The van der Waals surface area contributed by atoms with Gasteiger partial charge in [0, 0.05) is 37.5 Å². The van der Waals surface area contributed by atoms with Gasteiger partial charge in [-0.05, 0) is 58.1 Å². The fraction of sp³-hybridized carbons (Fsp3) is 0. The number of rotatable bonds is 6. The molecule has 8 aromatic carbocycles. The molecule has 0 saturated heterocycles. The summed E-state index contributed by atoms with van der Waals surface area (Å²) in [5.74, 6) is 0. The summed E-state index contributed by atoms with van der Waals surface area (Å²) in [4.78, 5) is 2.42. The van der Waals surface area contributed by atoms with Crippen LogP contribution in [0.2, 0.25) is 0 Å². The van der Waals surface area contributed by atoms with E-state index in [2.05, 4.69) is 187 Å². The molecule has 0 unspecified atom stereocenters. The second kappa shape index (κ2) is 12.2. The minimum absolute atomic E-state index is 0.872. The van der Waals surface area contributed by atoms with Gasteiger partial charge in [0.05, 0.1) is 16.1 Å². The van der Waals surface area contributed by atoms with E-state index in [1.165, 1.54) is 53.6 Å². The first-order valence-corrected chi connectivity index (χ1v) is 18.1. The maximum atomic E-state index is 6.73. The molecule has 0 amide bonds. The molecule has 240 valence electrons. The van der Waals surface area contributed by atoms with Crippen LogP contribution in [0.1, 0.15) is 0 Å². The number of nitrogens with zero attached hydrogens (tertiary/aromatic N) is 1. The number of benzene rings is 8. The van der Waals surface area contributed by atoms with E-state index in [-0.39, 0.29) is 0 Å². The van der Waals surface area contributed by atoms with Crippen LogP contribution in [0.5, 0.6) is 0 Å². The van der Waals surface area contributed by atoms with Gasteiger partial charge >= 0.3 is 0 Å². The molecule has 2 nitrogen and oxygen atoms in total. The van der Waals surface area contributed by atoms with Crippen LogP contribution in [-0.4, -0.2) is 0 Å². The van der Waals surface area contributed by atoms with E-state index in [4.69, 9.17) is 4.42 Å². The fourth-order valence-corrected chi connectivity index (χ4v) is 8.67. The molecule has 0 N–H and O–H groups in total. The summed E-state index contributed by atoms with van der Waals surface area (Å²) < 4.78 is 9.24. The van der Waals surface area contributed by atoms with Gasteiger partial charge in [0.2, 0.25) is 0 Å². The van der Waals surface area contributed by atoms with Crippen molar-refractivity contribution < 1.29 is 4.42 Å². The van der Waals surface area contributed by atoms with E-state index in [0.717, 1.165) is 39.0 Å². The van der Waals surface area contributed by atoms with Crippen LogP contribution in [0.3, 0.4) is 0 Å². The average Bonchev–Trinajstić information content (AvgIpc) is 3.78. The number of furan rings is 1. The van der Waals surface area contributed by atoms with Gasteiger partial charge in [-0.15, -0.1) is 11.3 Å². The number of para-hydroxylation sites is 2. The second-order valence-electron chi connectivity index (χ2n) is 12.9. The molecule has 2 aromatic heterocycles. The van der Waals surface area contributed by atoms with Crippen LogP contribution in [0, 0.1) is 0 Å². The molecule has 3 heteroatoms. The Morgan fingerprint density at radius 1 is 0.392 bits per heavy atom. The van der Waals surface area contributed by atoms with Gasteiger partial charge in [0.15, 0.2) is 5.58 Å². The van der Waals surface area contributed by atoms with Crippen molar-refractivity contribution >= 4 is 70.5 Å². The Balaban J connectivity index is 1.21. The maximum Gasteiger partial charge on any atom is 0.159 e. The van der Waals surface area contributed by atoms with Gasteiger partial charge in [0.25, 0.3) is 0 Å². The van der Waals surface area contributed by atoms with Gasteiger partial charge in [-0.3, -0.25) is 0 Å². The maximum absolute atomic E-state index is 6.73. The molecule has 0 bridgehead atoms. The van der Waals surface area contributed by atoms with E-state index in [0.29, 0.717) is 0 Å². The molecular weight excluding hydrogens is 639 g/mol. The summed E-state index contributed by atoms with van der Waals surface area (Å²) in [5, 5.41) is 4.75. The van der Waals surface area contributed by atoms with Crippen LogP contribution < -0.4 is 4.90 Å². The first-order valence-electron chi connectivity index (χ1n) is 17.3. The first-order chi connectivity index (χ1) is 25.3. The van der Waals surface area contributed by atoms with Gasteiger partial charge in [-0.1, -0.05) is 158 Å². The van der Waals surface area contributed by atoms with Crippen molar-refractivity contribution in [3.05, 3.63) is 188 Å². The zero-order valence-electron chi connectivity index (χ0n) is 27.7. The molecule has 0 aliphatic carbocycles. The number of hydrogen-bond donors (Lipinski definition) is 0. The van der Waals surface area contributed by atoms with Crippen molar-refractivity contribution in [2.75, 3.05) is 4.90 Å². The summed E-state index contributed by atoms with van der Waals surface area (Å²) in [6.45, 7) is 0. The predicted octanol–water partition coefficient (Wildman–Crippen LogP) is 14.4. The highest BCUT2D eigenvalue weighted by molar-refractivity contribution is 7.26. The van der Waals surface area contributed by atoms with Crippen molar-refractivity contribution in [2.45, 2.75) is 0 Å². The Hall–Kier alpha value is -6.42. The molecule has 0 aliphatic heterocycles. The number of thiophene rings is 1. The van der Waals surface area contributed by atoms with E-state index >= 15 is 0 Å². The molecule has 10 rings (SSSR count). The lowest BCUT2D eigenvalue weighted by molar-refractivity contribution is 0.669. The molecule has 0 aliphatic rings. The minimum atomic E-state index is 0.872. The highest BCUT2D eigenvalue weighted by Crippen LogP contribution is 2.51. The van der Waals surface area contributed by atoms with Crippen LogP contribution in [-0.2, 0) is 0 Å². The summed E-state index contributed by atoms with van der Waals surface area (Å²) >= 11 is 1.85. The zero-order chi connectivity index (χ0) is 33.7. The number of hydrogen-bond acceptors (Lipinski definition) is 3. The van der Waals surface area contributed by atoms with Gasteiger partial charge < -0.3 is 9.32 Å². The molecular formula is C48H31NOS. The third-order valence-corrected chi connectivity index (χ3v) is 11.1. The predicted molar refractivity (Wildman–Crippen MR) is 218 cm³/mol. The van der Waals surface area contributed by atoms with Crippen molar-refractivity contribution in [3.63, 3.8) is 0 Å². The molecule has 2 heterocycles. The smallest absolute Gasteiger partial charge is 0.159 e. The quantitative estimate of drug-likeness (QED) is 0.175. The van der Waals surface area contributed by atoms with E-state index in [1.807, 2.05) is 17.4 Å². The summed E-state index contributed by atoms with van der Waals surface area (Å²) in [6, 6.07) is 67.3. The Kier molecular flexibility index (Phi) is 7.04. The van der Waals surface area contributed by atoms with E-state index < -0.39 is 0 Å². The number of fused-ring (bicyclic) bond motifs is 6. The topological polar surface area (TPSA) is 16.4 Å². The van der Waals surface area contributed by atoms with E-state index in [1.54, 1.807) is 0 Å². The third kappa shape index (κ3) is 5.01. The number of anilines is 3. The standard InChI is InChI=1S/C48H31NOS/c1-3-12-32(13-4-1)33-22-24-34(25-23-33)35-26-28-37(29-27-35)49(43-19-11-18-41-39-16-7-9-20-44(39)50-47(41)43)46-38(36-14-5-2-6-15-36)30-31-42-40-17-8-10-21-45(40)51-48(42)46/h1-31H. The summed E-state index contributed by atoms with van der Waals surface area (Å²) in [6.07, 6.45) is 0. The van der Waals surface area contributed by atoms with Crippen molar-refractivity contribution in [3.8, 4) is 33.4 Å². The molecule has 0 spiro atoms. The summed E-state index contributed by atoms with van der Waals surface area (Å²) in [5.41, 5.74) is 12.1. The minimum Gasteiger partial charge on any atom is -0.454 e. The molecule has 0 atom stereocenters. The molecule has 51 heavy (non-hydrogen) atoms. The van der Waals surface area contributed by atoms with Crippen LogP contribution >= 0.6 is 11.3 Å². The van der Waals surface area contributed by atoms with Gasteiger partial charge in [-0.25, -0.2) is 0 Å². The Bertz CT molecular complexity index is 2830. The van der Waals surface area contributed by atoms with Gasteiger partial charge in [-0.2, -0.15) is 0 Å².